The fraction of sp³-hybridized carbons (Fsp3) is 0.217. The van der Waals surface area contributed by atoms with Crippen LogP contribution >= 0.6 is 22.9 Å². The number of sulfone groups is 1. The van der Waals surface area contributed by atoms with Crippen LogP contribution in [-0.2, 0) is 33.4 Å². The minimum absolute atomic E-state index is 0.0154. The van der Waals surface area contributed by atoms with E-state index >= 15 is 0 Å². The van der Waals surface area contributed by atoms with Gasteiger partial charge in [0, 0.05) is 6.42 Å². The van der Waals surface area contributed by atoms with E-state index in [1.165, 1.54) is 12.1 Å². The number of thiophene rings is 1. The van der Waals surface area contributed by atoms with E-state index in [1.807, 2.05) is 24.3 Å². The first-order chi connectivity index (χ1) is 15.2. The minimum Gasteiger partial charge on any atom is -0.507 e. The summed E-state index contributed by atoms with van der Waals surface area (Å²) in [5.74, 6) is -0.218. The van der Waals surface area contributed by atoms with Gasteiger partial charge >= 0.3 is 0 Å². The van der Waals surface area contributed by atoms with E-state index in [0.29, 0.717) is 34.6 Å². The average Bonchev–Trinajstić information content (AvgIpc) is 3.32. The van der Waals surface area contributed by atoms with Gasteiger partial charge in [0.15, 0.2) is 9.84 Å². The van der Waals surface area contributed by atoms with E-state index in [0.717, 1.165) is 22.5 Å². The highest BCUT2D eigenvalue weighted by Gasteiger charge is 2.23. The number of benzene rings is 2. The van der Waals surface area contributed by atoms with Crippen LogP contribution in [0.25, 0.3) is 10.9 Å². The van der Waals surface area contributed by atoms with E-state index in [4.69, 9.17) is 11.6 Å². The Morgan fingerprint density at radius 3 is 2.59 bits per heavy atom. The molecule has 0 aliphatic carbocycles. The highest BCUT2D eigenvalue weighted by Crippen LogP contribution is 2.33. The van der Waals surface area contributed by atoms with Crippen molar-refractivity contribution in [2.45, 2.75) is 36.3 Å². The summed E-state index contributed by atoms with van der Waals surface area (Å²) >= 11 is 6.91. The Balaban J connectivity index is 1.69. The molecule has 2 aromatic heterocycles. The van der Waals surface area contributed by atoms with Crippen molar-refractivity contribution in [2.75, 3.05) is 0 Å². The largest absolute Gasteiger partial charge is 0.507 e. The molecule has 0 spiro atoms. The second-order valence-corrected chi connectivity index (χ2v) is 11.5. The number of phenolic OH excluding ortho intramolecular Hbond substituents is 1. The molecule has 32 heavy (non-hydrogen) atoms. The van der Waals surface area contributed by atoms with Gasteiger partial charge in [0.05, 0.1) is 27.5 Å². The molecule has 0 saturated carbocycles. The molecule has 166 valence electrons. The molecule has 0 saturated heterocycles. The van der Waals surface area contributed by atoms with Gasteiger partial charge in [0.1, 0.15) is 21.5 Å². The normalized spacial score (nSPS) is 11.8. The lowest BCUT2D eigenvalue weighted by atomic mass is 10.1. The summed E-state index contributed by atoms with van der Waals surface area (Å²) in [5, 5.41) is 15.5. The van der Waals surface area contributed by atoms with E-state index < -0.39 is 9.84 Å². The van der Waals surface area contributed by atoms with Crippen LogP contribution in [0.4, 0.5) is 0 Å². The molecule has 1 N–H and O–H groups in total. The quantitative estimate of drug-likeness (QED) is 0.377. The molecule has 0 radical (unpaired) electrons. The van der Waals surface area contributed by atoms with Crippen molar-refractivity contribution in [3.8, 4) is 5.75 Å². The molecule has 4 aromatic rings. The highest BCUT2D eigenvalue weighted by molar-refractivity contribution is 7.92. The van der Waals surface area contributed by atoms with E-state index in [-0.39, 0.29) is 27.2 Å². The summed E-state index contributed by atoms with van der Waals surface area (Å²) < 4.78 is 28.1. The third kappa shape index (κ3) is 4.87. The maximum absolute atomic E-state index is 12.9. The molecular formula is C23H21ClN2O4S2. The SMILES string of the molecule is CC(=O)CCc1cccc(Cn2nc(CS(=O)(=O)c3ccc(Cl)s3)c3c(O)cccc32)c1. The Labute approximate surface area is 195 Å². The number of rotatable bonds is 8. The second kappa shape index (κ2) is 9.05. The number of carbonyl (C=O) groups is 1. The summed E-state index contributed by atoms with van der Waals surface area (Å²) in [5.41, 5.74) is 2.96. The maximum atomic E-state index is 12.9. The fourth-order valence-electron chi connectivity index (χ4n) is 3.60. The maximum Gasteiger partial charge on any atom is 0.193 e. The van der Waals surface area contributed by atoms with Gasteiger partial charge in [-0.05, 0) is 48.7 Å². The summed E-state index contributed by atoms with van der Waals surface area (Å²) in [6.07, 6.45) is 1.15. The van der Waals surface area contributed by atoms with E-state index in [2.05, 4.69) is 5.10 Å². The van der Waals surface area contributed by atoms with Gasteiger partial charge in [-0.3, -0.25) is 4.68 Å². The van der Waals surface area contributed by atoms with Crippen molar-refractivity contribution < 1.29 is 18.3 Å². The number of carbonyl (C=O) groups excluding carboxylic acids is 1. The first-order valence-electron chi connectivity index (χ1n) is 9.95. The van der Waals surface area contributed by atoms with Gasteiger partial charge in [-0.15, -0.1) is 11.3 Å². The Hall–Kier alpha value is -2.68. The van der Waals surface area contributed by atoms with Gasteiger partial charge in [-0.25, -0.2) is 8.42 Å². The molecule has 0 fully saturated rings. The number of nitrogens with zero attached hydrogens (tertiary/aromatic N) is 2. The lowest BCUT2D eigenvalue weighted by Crippen LogP contribution is -2.06. The van der Waals surface area contributed by atoms with Crippen molar-refractivity contribution in [2.24, 2.45) is 0 Å². The van der Waals surface area contributed by atoms with Gasteiger partial charge in [-0.1, -0.05) is 41.9 Å². The van der Waals surface area contributed by atoms with E-state index in [9.17, 15) is 18.3 Å². The lowest BCUT2D eigenvalue weighted by Gasteiger charge is -2.07. The number of aromatic hydroxyl groups is 1. The van der Waals surface area contributed by atoms with Crippen molar-refractivity contribution in [3.63, 3.8) is 0 Å². The predicted octanol–water partition coefficient (Wildman–Crippen LogP) is 5.00. The lowest BCUT2D eigenvalue weighted by molar-refractivity contribution is -0.116. The number of hydrogen-bond donors (Lipinski definition) is 1. The Kier molecular flexibility index (Phi) is 6.37. The van der Waals surface area contributed by atoms with Crippen LogP contribution in [-0.4, -0.2) is 29.1 Å². The Bertz CT molecular complexity index is 1410. The smallest absolute Gasteiger partial charge is 0.193 e. The van der Waals surface area contributed by atoms with Crippen LogP contribution < -0.4 is 0 Å². The summed E-state index contributed by atoms with van der Waals surface area (Å²) in [6, 6.07) is 15.9. The number of aromatic nitrogens is 2. The fourth-order valence-corrected chi connectivity index (χ4v) is 6.45. The molecule has 0 amide bonds. The number of fused-ring (bicyclic) bond motifs is 1. The van der Waals surface area contributed by atoms with Crippen molar-refractivity contribution >= 4 is 49.5 Å². The molecule has 0 atom stereocenters. The van der Waals surface area contributed by atoms with Gasteiger partial charge in [0.25, 0.3) is 0 Å². The predicted molar refractivity (Wildman–Crippen MR) is 126 cm³/mol. The van der Waals surface area contributed by atoms with Crippen molar-refractivity contribution in [3.05, 3.63) is 75.8 Å². The highest BCUT2D eigenvalue weighted by atomic mass is 35.5. The zero-order valence-corrected chi connectivity index (χ0v) is 19.7. The molecule has 4 rings (SSSR count). The van der Waals surface area contributed by atoms with Gasteiger partial charge < -0.3 is 9.90 Å². The molecule has 2 aromatic carbocycles. The average molecular weight is 489 g/mol. The Morgan fingerprint density at radius 1 is 1.12 bits per heavy atom. The van der Waals surface area contributed by atoms with Crippen LogP contribution in [0.1, 0.15) is 30.2 Å². The zero-order chi connectivity index (χ0) is 22.9. The molecule has 9 heteroatoms. The summed E-state index contributed by atoms with van der Waals surface area (Å²) in [6.45, 7) is 1.98. The molecular weight excluding hydrogens is 468 g/mol. The molecule has 6 nitrogen and oxygen atoms in total. The first-order valence-corrected chi connectivity index (χ1v) is 12.8. The number of halogens is 1. The second-order valence-electron chi connectivity index (χ2n) is 7.62. The first kappa shape index (κ1) is 22.5. The zero-order valence-electron chi connectivity index (χ0n) is 17.3. The number of ketones is 1. The number of phenols is 1. The number of aryl methyl sites for hydroxylation is 1. The van der Waals surface area contributed by atoms with Crippen molar-refractivity contribution in [1.82, 2.24) is 9.78 Å². The molecule has 0 aliphatic rings. The summed E-state index contributed by atoms with van der Waals surface area (Å²) in [4.78, 5) is 11.3. The summed E-state index contributed by atoms with van der Waals surface area (Å²) in [7, 11) is -3.67. The molecule has 0 aliphatic heterocycles. The van der Waals surface area contributed by atoms with Crippen LogP contribution in [0.15, 0.2) is 58.8 Å². The van der Waals surface area contributed by atoms with Crippen LogP contribution in [0.3, 0.4) is 0 Å². The van der Waals surface area contributed by atoms with E-state index in [1.54, 1.807) is 29.8 Å². The Morgan fingerprint density at radius 2 is 1.88 bits per heavy atom. The van der Waals surface area contributed by atoms with Crippen LogP contribution in [0.2, 0.25) is 4.34 Å². The number of hydrogen-bond acceptors (Lipinski definition) is 6. The number of Topliss-reactive ketones (excluding diaryl/α,β-unsaturated/α-hetero) is 1. The van der Waals surface area contributed by atoms with Crippen LogP contribution in [0.5, 0.6) is 5.75 Å². The van der Waals surface area contributed by atoms with Crippen LogP contribution in [0, 0.1) is 0 Å². The minimum atomic E-state index is -3.67. The monoisotopic (exact) mass is 488 g/mol. The third-order valence-corrected chi connectivity index (χ3v) is 8.54. The molecule has 0 unspecified atom stereocenters. The van der Waals surface area contributed by atoms with Crippen molar-refractivity contribution in [1.29, 1.82) is 0 Å². The van der Waals surface area contributed by atoms with Gasteiger partial charge in [-0.2, -0.15) is 5.10 Å². The third-order valence-electron chi connectivity index (χ3n) is 5.10. The standard InChI is InChI=1S/C23H21ClN2O4S2/c1-15(27)8-9-16-4-2-5-17(12-16)13-26-19-6-3-7-20(28)23(19)18(25-26)14-32(29,30)22-11-10-21(24)31-22/h2-7,10-12,28H,8-9,13-14H2,1H3. The van der Waals surface area contributed by atoms with Gasteiger partial charge in [0.2, 0.25) is 0 Å². The molecule has 0 bridgehead atoms. The topological polar surface area (TPSA) is 89.3 Å². The molecule has 2 heterocycles.